The van der Waals surface area contributed by atoms with E-state index >= 15 is 0 Å². The normalized spacial score (nSPS) is 13.4. The zero-order valence-electron chi connectivity index (χ0n) is 13.6. The van der Waals surface area contributed by atoms with Crippen molar-refractivity contribution in [1.29, 1.82) is 0 Å². The molecule has 1 nitrogen and oxygen atoms in total. The molecule has 0 atom stereocenters. The highest BCUT2D eigenvalue weighted by Gasteiger charge is 2.31. The Morgan fingerprint density at radius 1 is 0.471 bits per heavy atom. The Kier molecular flexibility index (Phi) is 7.39. The van der Waals surface area contributed by atoms with Crippen LogP contribution >= 0.6 is 0 Å². The molecule has 0 spiro atoms. The van der Waals surface area contributed by atoms with E-state index in [1.165, 1.54) is 30.7 Å². The van der Waals surface area contributed by atoms with Crippen LogP contribution in [0, 0.1) is 23.7 Å². The highest BCUT2D eigenvalue weighted by atomic mass is 15.4. The summed E-state index contributed by atoms with van der Waals surface area (Å²) in [5, 5.41) is 0. The first-order chi connectivity index (χ1) is 7.67. The van der Waals surface area contributed by atoms with Crippen LogP contribution in [-0.2, 0) is 0 Å². The van der Waals surface area contributed by atoms with Gasteiger partial charge in [-0.25, -0.2) is 0 Å². The Hall–Kier alpha value is -0.0400. The second-order valence-corrected chi connectivity index (χ2v) is 7.65. The molecule has 0 rings (SSSR count). The summed E-state index contributed by atoms with van der Waals surface area (Å²) in [6.45, 7) is 24.3. The van der Waals surface area contributed by atoms with Crippen molar-refractivity contribution < 1.29 is 4.48 Å². The van der Waals surface area contributed by atoms with Gasteiger partial charge in [0.2, 0.25) is 0 Å². The molecule has 1 heteroatoms. The third kappa shape index (κ3) is 7.81. The molecule has 0 aromatic heterocycles. The predicted octanol–water partition coefficient (Wildman–Crippen LogP) is 4.43. The van der Waals surface area contributed by atoms with Crippen LogP contribution in [0.15, 0.2) is 0 Å². The van der Waals surface area contributed by atoms with Crippen LogP contribution < -0.4 is 0 Å². The molecule has 0 aromatic carbocycles. The third-order valence-corrected chi connectivity index (χ3v) is 3.01. The molecule has 0 aliphatic heterocycles. The van der Waals surface area contributed by atoms with E-state index in [4.69, 9.17) is 0 Å². The zero-order valence-corrected chi connectivity index (χ0v) is 13.6. The van der Waals surface area contributed by atoms with Crippen LogP contribution in [0.2, 0.25) is 0 Å². The van der Waals surface area contributed by atoms with Crippen molar-refractivity contribution in [3.8, 4) is 0 Å². The Labute approximate surface area is 110 Å². The third-order valence-electron chi connectivity index (χ3n) is 3.01. The standard InChI is InChI=1S/C16H36N/c1-13(2)9-17(10-14(3)4,11-15(5)6)12-16(7)8/h13-16H,9-12H2,1-8H3/q+1. The molecule has 0 amide bonds. The Morgan fingerprint density at radius 3 is 0.765 bits per heavy atom. The lowest BCUT2D eigenvalue weighted by atomic mass is 10.0. The summed E-state index contributed by atoms with van der Waals surface area (Å²) in [5.41, 5.74) is 0. The minimum atomic E-state index is 0.797. The van der Waals surface area contributed by atoms with E-state index in [0.717, 1.165) is 23.7 Å². The molecule has 17 heavy (non-hydrogen) atoms. The molecule has 0 radical (unpaired) electrons. The molecule has 0 bridgehead atoms. The van der Waals surface area contributed by atoms with Crippen molar-refractivity contribution in [3.05, 3.63) is 0 Å². The van der Waals surface area contributed by atoms with Crippen LogP contribution in [-0.4, -0.2) is 30.7 Å². The quantitative estimate of drug-likeness (QED) is 0.553. The molecule has 0 aliphatic rings. The lowest BCUT2D eigenvalue weighted by Gasteiger charge is -2.44. The number of rotatable bonds is 8. The average molecular weight is 242 g/mol. The SMILES string of the molecule is CC(C)C[N+](CC(C)C)(CC(C)C)CC(C)C. The van der Waals surface area contributed by atoms with Gasteiger partial charge in [0.1, 0.15) is 0 Å². The van der Waals surface area contributed by atoms with Crippen LogP contribution in [0.3, 0.4) is 0 Å². The van der Waals surface area contributed by atoms with E-state index in [-0.39, 0.29) is 0 Å². The van der Waals surface area contributed by atoms with Gasteiger partial charge < -0.3 is 4.48 Å². The minimum absolute atomic E-state index is 0.797. The maximum Gasteiger partial charge on any atom is 0.0810 e. The van der Waals surface area contributed by atoms with Crippen molar-refractivity contribution >= 4 is 0 Å². The van der Waals surface area contributed by atoms with E-state index in [1.54, 1.807) is 0 Å². The predicted molar refractivity (Wildman–Crippen MR) is 79.1 cm³/mol. The first kappa shape index (κ1) is 17.0. The van der Waals surface area contributed by atoms with Crippen LogP contribution in [0.25, 0.3) is 0 Å². The van der Waals surface area contributed by atoms with E-state index < -0.39 is 0 Å². The second kappa shape index (κ2) is 7.41. The van der Waals surface area contributed by atoms with Gasteiger partial charge in [0.25, 0.3) is 0 Å². The van der Waals surface area contributed by atoms with Gasteiger partial charge in [-0.1, -0.05) is 55.4 Å². The maximum atomic E-state index is 2.37. The van der Waals surface area contributed by atoms with Gasteiger partial charge in [-0.15, -0.1) is 0 Å². The van der Waals surface area contributed by atoms with Crippen molar-refractivity contribution in [2.24, 2.45) is 23.7 Å². The van der Waals surface area contributed by atoms with Crippen molar-refractivity contribution in [2.45, 2.75) is 55.4 Å². The summed E-state index contributed by atoms with van der Waals surface area (Å²) in [5.74, 6) is 3.19. The summed E-state index contributed by atoms with van der Waals surface area (Å²) in [6, 6.07) is 0. The van der Waals surface area contributed by atoms with Gasteiger partial charge in [-0.2, -0.15) is 0 Å². The molecule has 0 aliphatic carbocycles. The van der Waals surface area contributed by atoms with Gasteiger partial charge in [-0.05, 0) is 0 Å². The smallest absolute Gasteiger partial charge is 0.0810 e. The molecule has 0 saturated heterocycles. The fraction of sp³-hybridized carbons (Fsp3) is 1.00. The second-order valence-electron chi connectivity index (χ2n) is 7.65. The molecule has 0 unspecified atom stereocenters. The van der Waals surface area contributed by atoms with Gasteiger partial charge in [-0.3, -0.25) is 0 Å². The van der Waals surface area contributed by atoms with Crippen LogP contribution in [0.4, 0.5) is 0 Å². The Bertz CT molecular complexity index is 146. The summed E-state index contributed by atoms with van der Waals surface area (Å²) in [6.07, 6.45) is 0. The maximum absolute atomic E-state index is 2.37. The average Bonchev–Trinajstić information content (AvgIpc) is 1.95. The molecule has 0 N–H and O–H groups in total. The molecule has 104 valence electrons. The number of quaternary nitrogens is 1. The van der Waals surface area contributed by atoms with Crippen LogP contribution in [0.5, 0.6) is 0 Å². The summed E-state index contributed by atoms with van der Waals surface area (Å²) >= 11 is 0. The monoisotopic (exact) mass is 242 g/mol. The first-order valence-corrected chi connectivity index (χ1v) is 7.52. The molecule has 0 saturated carbocycles. The molecule has 0 aromatic rings. The van der Waals surface area contributed by atoms with Gasteiger partial charge in [0.15, 0.2) is 0 Å². The van der Waals surface area contributed by atoms with Crippen molar-refractivity contribution in [3.63, 3.8) is 0 Å². The van der Waals surface area contributed by atoms with E-state index in [1.807, 2.05) is 0 Å². The van der Waals surface area contributed by atoms with E-state index in [9.17, 15) is 0 Å². The number of hydrogen-bond donors (Lipinski definition) is 0. The lowest BCUT2D eigenvalue weighted by Crippen LogP contribution is -2.56. The fourth-order valence-electron chi connectivity index (χ4n) is 3.55. The Morgan fingerprint density at radius 2 is 0.647 bits per heavy atom. The summed E-state index contributed by atoms with van der Waals surface area (Å²) in [4.78, 5) is 0. The fourth-order valence-corrected chi connectivity index (χ4v) is 3.55. The summed E-state index contributed by atoms with van der Waals surface area (Å²) < 4.78 is 1.32. The first-order valence-electron chi connectivity index (χ1n) is 7.52. The molecule has 0 heterocycles. The van der Waals surface area contributed by atoms with Gasteiger partial charge in [0, 0.05) is 23.7 Å². The number of nitrogens with zero attached hydrogens (tertiary/aromatic N) is 1. The highest BCUT2D eigenvalue weighted by Crippen LogP contribution is 2.21. The zero-order chi connectivity index (χ0) is 13.6. The summed E-state index contributed by atoms with van der Waals surface area (Å²) in [7, 11) is 0. The minimum Gasteiger partial charge on any atom is -0.323 e. The van der Waals surface area contributed by atoms with Crippen molar-refractivity contribution in [2.75, 3.05) is 26.2 Å². The van der Waals surface area contributed by atoms with Crippen LogP contribution in [0.1, 0.15) is 55.4 Å². The van der Waals surface area contributed by atoms with E-state index in [0.29, 0.717) is 0 Å². The number of hydrogen-bond acceptors (Lipinski definition) is 0. The Balaban J connectivity index is 4.89. The lowest BCUT2D eigenvalue weighted by molar-refractivity contribution is -0.938. The van der Waals surface area contributed by atoms with Crippen molar-refractivity contribution in [1.82, 2.24) is 0 Å². The van der Waals surface area contributed by atoms with Gasteiger partial charge in [0.05, 0.1) is 26.2 Å². The van der Waals surface area contributed by atoms with E-state index in [2.05, 4.69) is 55.4 Å². The molecular formula is C16H36N+. The highest BCUT2D eigenvalue weighted by molar-refractivity contribution is 4.57. The van der Waals surface area contributed by atoms with Gasteiger partial charge >= 0.3 is 0 Å². The largest absolute Gasteiger partial charge is 0.323 e. The molecule has 0 fully saturated rings. The molecular weight excluding hydrogens is 206 g/mol. The topological polar surface area (TPSA) is 0 Å².